The fraction of sp³-hybridized carbons (Fsp3) is 0.533. The largest absolute Gasteiger partial charge is 0.381 e. The van der Waals surface area contributed by atoms with Gasteiger partial charge in [0.15, 0.2) is 0 Å². The summed E-state index contributed by atoms with van der Waals surface area (Å²) in [5, 5.41) is 3.26. The Morgan fingerprint density at radius 2 is 1.88 bits per heavy atom. The van der Waals surface area contributed by atoms with E-state index in [0.717, 1.165) is 10.6 Å². The summed E-state index contributed by atoms with van der Waals surface area (Å²) in [6, 6.07) is 4.78. The van der Waals surface area contributed by atoms with Gasteiger partial charge < -0.3 is 10.1 Å². The summed E-state index contributed by atoms with van der Waals surface area (Å²) in [6.07, 6.45) is 2.43. The van der Waals surface area contributed by atoms with Crippen LogP contribution in [0.5, 0.6) is 0 Å². The van der Waals surface area contributed by atoms with Crippen LogP contribution in [0.4, 0.5) is 5.69 Å². The molecular weight excluding hydrogens is 375 g/mol. The fourth-order valence-corrected chi connectivity index (χ4v) is 4.21. The second kappa shape index (κ2) is 8.38. The molecule has 1 aromatic rings. The van der Waals surface area contributed by atoms with Crippen molar-refractivity contribution in [2.45, 2.75) is 12.8 Å². The number of ether oxygens (including phenoxy) is 1. The quantitative estimate of drug-likeness (QED) is 0.802. The molecule has 0 radical (unpaired) electrons. The molecule has 1 aromatic carbocycles. The van der Waals surface area contributed by atoms with Crippen LogP contribution >= 0.6 is 23.2 Å². The van der Waals surface area contributed by atoms with Gasteiger partial charge in [-0.25, -0.2) is 8.42 Å². The summed E-state index contributed by atoms with van der Waals surface area (Å²) in [5.74, 6) is -0.175. The summed E-state index contributed by atoms with van der Waals surface area (Å²) >= 11 is 12.2. The van der Waals surface area contributed by atoms with E-state index in [1.54, 1.807) is 18.2 Å². The number of nitrogens with one attached hydrogen (secondary N) is 1. The average Bonchev–Trinajstić information content (AvgIpc) is 2.52. The van der Waals surface area contributed by atoms with E-state index >= 15 is 0 Å². The third-order valence-electron chi connectivity index (χ3n) is 3.79. The Labute approximate surface area is 152 Å². The van der Waals surface area contributed by atoms with Crippen molar-refractivity contribution in [3.8, 4) is 0 Å². The minimum atomic E-state index is -3.59. The van der Waals surface area contributed by atoms with Crippen LogP contribution < -0.4 is 9.62 Å². The van der Waals surface area contributed by atoms with Crippen molar-refractivity contribution in [3.63, 3.8) is 0 Å². The number of benzene rings is 1. The molecule has 9 heteroatoms. The smallest absolute Gasteiger partial charge is 0.232 e. The second-order valence-electron chi connectivity index (χ2n) is 5.58. The van der Waals surface area contributed by atoms with Gasteiger partial charge in [-0.05, 0) is 25.0 Å². The molecule has 0 spiro atoms. The number of amides is 1. The monoisotopic (exact) mass is 394 g/mol. The van der Waals surface area contributed by atoms with Gasteiger partial charge in [-0.1, -0.05) is 29.3 Å². The third kappa shape index (κ3) is 4.99. The zero-order valence-electron chi connectivity index (χ0n) is 13.3. The zero-order valence-corrected chi connectivity index (χ0v) is 15.6. The van der Waals surface area contributed by atoms with Gasteiger partial charge in [0, 0.05) is 25.7 Å². The number of para-hydroxylation sites is 1. The molecule has 0 unspecified atom stereocenters. The van der Waals surface area contributed by atoms with Gasteiger partial charge in [0.2, 0.25) is 15.9 Å². The van der Waals surface area contributed by atoms with Crippen molar-refractivity contribution < 1.29 is 17.9 Å². The van der Waals surface area contributed by atoms with E-state index in [2.05, 4.69) is 5.32 Å². The Bertz CT molecular complexity index is 670. The highest BCUT2D eigenvalue weighted by Gasteiger charge is 2.24. The minimum absolute atomic E-state index is 0.0528. The SMILES string of the molecule is CS(=O)(=O)N(CCNC(=O)C1CCOCC1)c1c(Cl)cccc1Cl. The number of carbonyl (C=O) groups excluding carboxylic acids is 1. The van der Waals surface area contributed by atoms with Crippen molar-refractivity contribution in [1.29, 1.82) is 0 Å². The summed E-state index contributed by atoms with van der Waals surface area (Å²) in [5.41, 5.74) is 0.226. The van der Waals surface area contributed by atoms with Crippen molar-refractivity contribution in [1.82, 2.24) is 5.32 Å². The topological polar surface area (TPSA) is 75.7 Å². The Balaban J connectivity index is 2.04. The van der Waals surface area contributed by atoms with Crippen LogP contribution in [0.2, 0.25) is 10.0 Å². The third-order valence-corrected chi connectivity index (χ3v) is 5.57. The highest BCUT2D eigenvalue weighted by atomic mass is 35.5. The summed E-state index contributed by atoms with van der Waals surface area (Å²) in [4.78, 5) is 12.1. The maximum atomic E-state index is 12.1. The Morgan fingerprint density at radius 1 is 1.29 bits per heavy atom. The van der Waals surface area contributed by atoms with Gasteiger partial charge in [0.25, 0.3) is 0 Å². The van der Waals surface area contributed by atoms with Gasteiger partial charge >= 0.3 is 0 Å². The number of anilines is 1. The summed E-state index contributed by atoms with van der Waals surface area (Å²) < 4.78 is 30.5. The zero-order chi connectivity index (χ0) is 17.7. The highest BCUT2D eigenvalue weighted by molar-refractivity contribution is 7.92. The predicted octanol–water partition coefficient (Wildman–Crippen LogP) is 2.30. The molecule has 1 N–H and O–H groups in total. The van der Waals surface area contributed by atoms with Gasteiger partial charge in [0.05, 0.1) is 28.5 Å². The number of halogens is 2. The minimum Gasteiger partial charge on any atom is -0.381 e. The van der Waals surface area contributed by atoms with E-state index in [-0.39, 0.29) is 40.6 Å². The molecule has 134 valence electrons. The first kappa shape index (κ1) is 19.3. The number of nitrogens with zero attached hydrogens (tertiary/aromatic N) is 1. The van der Waals surface area contributed by atoms with Crippen molar-refractivity contribution in [3.05, 3.63) is 28.2 Å². The number of hydrogen-bond donors (Lipinski definition) is 1. The van der Waals surface area contributed by atoms with Crippen molar-refractivity contribution >= 4 is 44.8 Å². The standard InChI is InChI=1S/C15H20Cl2N2O4S/c1-24(21,22)19(14-12(16)3-2-4-13(14)17)8-7-18-15(20)11-5-9-23-10-6-11/h2-4,11H,5-10H2,1H3,(H,18,20). The first-order valence-corrected chi connectivity index (χ1v) is 10.2. The van der Waals surface area contributed by atoms with Gasteiger partial charge in [-0.2, -0.15) is 0 Å². The van der Waals surface area contributed by atoms with Crippen molar-refractivity contribution in [2.24, 2.45) is 5.92 Å². The first-order valence-electron chi connectivity index (χ1n) is 7.58. The van der Waals surface area contributed by atoms with Crippen LogP contribution in [0, 0.1) is 5.92 Å². The molecular formula is C15H20Cl2N2O4S. The second-order valence-corrected chi connectivity index (χ2v) is 8.30. The number of sulfonamides is 1. The molecule has 6 nitrogen and oxygen atoms in total. The number of rotatable bonds is 6. The molecule has 1 amide bonds. The predicted molar refractivity (Wildman–Crippen MR) is 95.2 cm³/mol. The normalized spacial score (nSPS) is 16.0. The van der Waals surface area contributed by atoms with Crippen LogP contribution in [0.15, 0.2) is 18.2 Å². The highest BCUT2D eigenvalue weighted by Crippen LogP contribution is 2.34. The molecule has 1 fully saturated rings. The number of hydrogen-bond acceptors (Lipinski definition) is 4. The van der Waals surface area contributed by atoms with E-state index < -0.39 is 10.0 Å². The molecule has 24 heavy (non-hydrogen) atoms. The molecule has 1 saturated heterocycles. The lowest BCUT2D eigenvalue weighted by atomic mass is 9.99. The summed E-state index contributed by atoms with van der Waals surface area (Å²) in [6.45, 7) is 1.37. The molecule has 0 atom stereocenters. The molecule has 0 saturated carbocycles. The van der Waals surface area contributed by atoms with Crippen LogP contribution in [-0.4, -0.2) is 46.9 Å². The van der Waals surface area contributed by atoms with Crippen LogP contribution in [0.1, 0.15) is 12.8 Å². The molecule has 0 aliphatic carbocycles. The van der Waals surface area contributed by atoms with E-state index in [9.17, 15) is 13.2 Å². The average molecular weight is 395 g/mol. The van der Waals surface area contributed by atoms with Crippen molar-refractivity contribution in [2.75, 3.05) is 36.9 Å². The lowest BCUT2D eigenvalue weighted by Gasteiger charge is -2.25. The first-order chi connectivity index (χ1) is 11.3. The van der Waals surface area contributed by atoms with E-state index in [0.29, 0.717) is 26.1 Å². The van der Waals surface area contributed by atoms with Crippen LogP contribution in [0.25, 0.3) is 0 Å². The van der Waals surface area contributed by atoms with E-state index in [1.165, 1.54) is 0 Å². The fourth-order valence-electron chi connectivity index (χ4n) is 2.56. The Morgan fingerprint density at radius 3 is 2.42 bits per heavy atom. The Kier molecular flexibility index (Phi) is 6.74. The van der Waals surface area contributed by atoms with E-state index in [4.69, 9.17) is 27.9 Å². The summed E-state index contributed by atoms with van der Waals surface area (Å²) in [7, 11) is -3.59. The molecule has 0 aromatic heterocycles. The molecule has 1 heterocycles. The van der Waals surface area contributed by atoms with Gasteiger partial charge in [0.1, 0.15) is 0 Å². The van der Waals surface area contributed by atoms with Gasteiger partial charge in [-0.3, -0.25) is 9.10 Å². The van der Waals surface area contributed by atoms with Crippen LogP contribution in [0.3, 0.4) is 0 Å². The maximum Gasteiger partial charge on any atom is 0.232 e. The maximum absolute atomic E-state index is 12.1. The van der Waals surface area contributed by atoms with E-state index in [1.807, 2.05) is 0 Å². The lowest BCUT2D eigenvalue weighted by molar-refractivity contribution is -0.127. The molecule has 1 aliphatic rings. The van der Waals surface area contributed by atoms with Gasteiger partial charge in [-0.15, -0.1) is 0 Å². The molecule has 0 bridgehead atoms. The lowest BCUT2D eigenvalue weighted by Crippen LogP contribution is -2.41. The number of carbonyl (C=O) groups is 1. The molecule has 2 rings (SSSR count). The van der Waals surface area contributed by atoms with Crippen LogP contribution in [-0.2, 0) is 19.6 Å². The molecule has 1 aliphatic heterocycles. The Hall–Kier alpha value is -1.02.